The predicted molar refractivity (Wildman–Crippen MR) is 42.6 cm³/mol. The first-order chi connectivity index (χ1) is 5.79. The first kappa shape index (κ1) is 12.8. The maximum atomic E-state index is 11.2. The van der Waals surface area contributed by atoms with Crippen LogP contribution >= 0.6 is 0 Å². The SMILES string of the molecule is CCC(C(=O)OC)c1c[n-]cn1.[Y]. The van der Waals surface area contributed by atoms with Crippen LogP contribution in [-0.2, 0) is 42.2 Å². The minimum Gasteiger partial charge on any atom is -0.469 e. The summed E-state index contributed by atoms with van der Waals surface area (Å²) in [6.07, 6.45) is 3.71. The van der Waals surface area contributed by atoms with Gasteiger partial charge in [0.2, 0.25) is 0 Å². The quantitative estimate of drug-likeness (QED) is 0.747. The Kier molecular flexibility index (Phi) is 6.17. The number of aromatic nitrogens is 2. The van der Waals surface area contributed by atoms with Crippen LogP contribution in [0.3, 0.4) is 0 Å². The van der Waals surface area contributed by atoms with Crippen LogP contribution in [0.25, 0.3) is 0 Å². The molecule has 1 heterocycles. The summed E-state index contributed by atoms with van der Waals surface area (Å²) in [4.78, 5) is 18.9. The molecule has 1 aromatic heterocycles. The maximum Gasteiger partial charge on any atom is 0.312 e. The van der Waals surface area contributed by atoms with Crippen LogP contribution in [0.2, 0.25) is 0 Å². The van der Waals surface area contributed by atoms with Crippen molar-refractivity contribution in [1.29, 1.82) is 0 Å². The van der Waals surface area contributed by atoms with Crippen LogP contribution in [-0.4, -0.2) is 18.1 Å². The Balaban J connectivity index is 0.00000144. The van der Waals surface area contributed by atoms with E-state index in [-0.39, 0.29) is 44.6 Å². The van der Waals surface area contributed by atoms with Crippen molar-refractivity contribution < 1.29 is 42.2 Å². The molecule has 0 N–H and O–H groups in total. The van der Waals surface area contributed by atoms with E-state index in [9.17, 15) is 4.79 Å². The molecule has 0 spiro atoms. The summed E-state index contributed by atoms with van der Waals surface area (Å²) >= 11 is 0. The Bertz CT molecular complexity index is 249. The van der Waals surface area contributed by atoms with Gasteiger partial charge in [-0.3, -0.25) is 4.79 Å². The van der Waals surface area contributed by atoms with Crippen molar-refractivity contribution in [2.24, 2.45) is 0 Å². The van der Waals surface area contributed by atoms with Gasteiger partial charge in [-0.1, -0.05) is 25.1 Å². The van der Waals surface area contributed by atoms with Gasteiger partial charge in [0.25, 0.3) is 0 Å². The van der Waals surface area contributed by atoms with Crippen LogP contribution in [0.4, 0.5) is 0 Å². The Labute approximate surface area is 102 Å². The molecule has 1 radical (unpaired) electrons. The van der Waals surface area contributed by atoms with E-state index < -0.39 is 0 Å². The van der Waals surface area contributed by atoms with E-state index >= 15 is 0 Å². The molecule has 4 nitrogen and oxygen atoms in total. The number of imidazole rings is 1. The van der Waals surface area contributed by atoms with E-state index in [2.05, 4.69) is 14.7 Å². The zero-order chi connectivity index (χ0) is 8.97. The zero-order valence-corrected chi connectivity index (χ0v) is 10.6. The molecule has 1 rings (SSSR count). The fourth-order valence-electron chi connectivity index (χ4n) is 1.06. The number of carbonyl (C=O) groups excluding carboxylic acids is 1. The fourth-order valence-corrected chi connectivity index (χ4v) is 1.06. The van der Waals surface area contributed by atoms with Crippen molar-refractivity contribution >= 4 is 5.97 Å². The average Bonchev–Trinajstić information content (AvgIpc) is 2.58. The van der Waals surface area contributed by atoms with Gasteiger partial charge >= 0.3 is 5.97 Å². The van der Waals surface area contributed by atoms with E-state index in [1.807, 2.05) is 6.92 Å². The fraction of sp³-hybridized carbons (Fsp3) is 0.500. The van der Waals surface area contributed by atoms with Gasteiger partial charge in [-0.2, -0.15) is 0 Å². The molecule has 1 aromatic rings. The first-order valence-corrected chi connectivity index (χ1v) is 3.80. The molecule has 5 heteroatoms. The Morgan fingerprint density at radius 2 is 2.46 bits per heavy atom. The molecule has 0 aliphatic rings. The number of hydrogen-bond acceptors (Lipinski definition) is 3. The molecule has 1 unspecified atom stereocenters. The van der Waals surface area contributed by atoms with Crippen molar-refractivity contribution in [2.75, 3.05) is 7.11 Å². The van der Waals surface area contributed by atoms with Crippen molar-refractivity contribution in [2.45, 2.75) is 19.3 Å². The summed E-state index contributed by atoms with van der Waals surface area (Å²) in [6, 6.07) is 0. The molecular weight excluding hydrogens is 245 g/mol. The number of methoxy groups -OCH3 is 1. The molecule has 0 saturated heterocycles. The average molecular weight is 256 g/mol. The van der Waals surface area contributed by atoms with Crippen LogP contribution in [0, 0.1) is 0 Å². The largest absolute Gasteiger partial charge is 0.469 e. The summed E-state index contributed by atoms with van der Waals surface area (Å²) in [6.45, 7) is 1.91. The van der Waals surface area contributed by atoms with Gasteiger partial charge in [0.05, 0.1) is 13.0 Å². The minimum absolute atomic E-state index is 0. The van der Waals surface area contributed by atoms with E-state index in [4.69, 9.17) is 0 Å². The predicted octanol–water partition coefficient (Wildman–Crippen LogP) is 0.703. The monoisotopic (exact) mass is 256 g/mol. The first-order valence-electron chi connectivity index (χ1n) is 3.80. The van der Waals surface area contributed by atoms with Gasteiger partial charge in [-0.25, -0.2) is 0 Å². The smallest absolute Gasteiger partial charge is 0.312 e. The molecule has 0 saturated carbocycles. The van der Waals surface area contributed by atoms with Gasteiger partial charge in [0.1, 0.15) is 0 Å². The molecule has 1 atom stereocenters. The summed E-state index contributed by atoms with van der Waals surface area (Å²) in [5.41, 5.74) is 0.685. The summed E-state index contributed by atoms with van der Waals surface area (Å²) in [7, 11) is 1.38. The number of esters is 1. The van der Waals surface area contributed by atoms with E-state index in [0.29, 0.717) is 12.1 Å². The van der Waals surface area contributed by atoms with Crippen molar-refractivity contribution in [3.63, 3.8) is 0 Å². The molecule has 0 fully saturated rings. The third-order valence-electron chi connectivity index (χ3n) is 1.73. The third kappa shape index (κ3) is 3.20. The van der Waals surface area contributed by atoms with Crippen LogP contribution in [0.15, 0.2) is 12.5 Å². The van der Waals surface area contributed by atoms with E-state index in [1.165, 1.54) is 13.4 Å². The Hall–Kier alpha value is -0.216. The second kappa shape index (κ2) is 6.27. The normalized spacial score (nSPS) is 11.5. The van der Waals surface area contributed by atoms with Crippen molar-refractivity contribution in [3.05, 3.63) is 18.2 Å². The summed E-state index contributed by atoms with van der Waals surface area (Å²) < 4.78 is 4.62. The zero-order valence-electron chi connectivity index (χ0n) is 7.73. The number of hydrogen-bond donors (Lipinski definition) is 0. The molecule has 0 aromatic carbocycles. The van der Waals surface area contributed by atoms with Gasteiger partial charge in [0, 0.05) is 32.7 Å². The standard InChI is InChI=1S/C8H11N2O2.Y/c1-3-6(8(11)12-2)7-4-9-5-10-7;/h4-6H,3H2,1-2H3;/q-1;. The minimum atomic E-state index is -0.266. The van der Waals surface area contributed by atoms with Crippen molar-refractivity contribution in [1.82, 2.24) is 9.97 Å². The van der Waals surface area contributed by atoms with E-state index in [1.54, 1.807) is 6.20 Å². The molecule has 0 bridgehead atoms. The Morgan fingerprint density at radius 1 is 1.77 bits per heavy atom. The van der Waals surface area contributed by atoms with Crippen LogP contribution < -0.4 is 4.98 Å². The molecule has 0 aliphatic carbocycles. The second-order valence-corrected chi connectivity index (χ2v) is 2.43. The number of rotatable bonds is 3. The topological polar surface area (TPSA) is 53.3 Å². The van der Waals surface area contributed by atoms with Gasteiger partial charge < -0.3 is 14.7 Å². The van der Waals surface area contributed by atoms with Gasteiger partial charge in [0.15, 0.2) is 0 Å². The van der Waals surface area contributed by atoms with E-state index in [0.717, 1.165) is 0 Å². The second-order valence-electron chi connectivity index (χ2n) is 2.43. The maximum absolute atomic E-state index is 11.2. The van der Waals surface area contributed by atoms with Gasteiger partial charge in [-0.15, -0.1) is 0 Å². The summed E-state index contributed by atoms with van der Waals surface area (Å²) in [5.74, 6) is -0.518. The Morgan fingerprint density at radius 3 is 2.85 bits per heavy atom. The molecular formula is C8H11N2O2Y-. The molecule has 69 valence electrons. The van der Waals surface area contributed by atoms with Crippen molar-refractivity contribution in [3.8, 4) is 0 Å². The molecule has 13 heavy (non-hydrogen) atoms. The van der Waals surface area contributed by atoms with Crippen LogP contribution in [0.5, 0.6) is 0 Å². The number of nitrogens with zero attached hydrogens (tertiary/aromatic N) is 2. The summed E-state index contributed by atoms with van der Waals surface area (Å²) in [5, 5.41) is 0. The number of ether oxygens (including phenoxy) is 1. The third-order valence-corrected chi connectivity index (χ3v) is 1.73. The number of carbonyl (C=O) groups is 1. The molecule has 0 aliphatic heterocycles. The van der Waals surface area contributed by atoms with Gasteiger partial charge in [-0.05, 0) is 6.42 Å². The van der Waals surface area contributed by atoms with Crippen LogP contribution in [0.1, 0.15) is 25.0 Å². The molecule has 0 amide bonds.